The predicted molar refractivity (Wildman–Crippen MR) is 147 cm³/mol. The van der Waals surface area contributed by atoms with Gasteiger partial charge in [0.2, 0.25) is 5.95 Å². The number of rotatable bonds is 7. The molecule has 1 aliphatic heterocycles. The number of hydrogen-bond donors (Lipinski definition) is 2. The highest BCUT2D eigenvalue weighted by Gasteiger charge is 2.25. The molecule has 0 bridgehead atoms. The van der Waals surface area contributed by atoms with Gasteiger partial charge in [0, 0.05) is 18.6 Å². The Morgan fingerprint density at radius 3 is 2.69 bits per heavy atom. The molecule has 4 heterocycles. The first-order chi connectivity index (χ1) is 18.6. The summed E-state index contributed by atoms with van der Waals surface area (Å²) in [6, 6.07) is 9.06. The number of fused-ring (bicyclic) bond motifs is 1. The van der Waals surface area contributed by atoms with Gasteiger partial charge in [0.05, 0.1) is 41.4 Å². The lowest BCUT2D eigenvalue weighted by Gasteiger charge is -2.29. The molecule has 0 unspecified atom stereocenters. The van der Waals surface area contributed by atoms with E-state index in [1.165, 1.54) is 37.3 Å². The van der Waals surface area contributed by atoms with Crippen LogP contribution in [0.3, 0.4) is 0 Å². The number of ether oxygens (including phenoxy) is 1. The van der Waals surface area contributed by atoms with Gasteiger partial charge in [-0.3, -0.25) is 20.1 Å². The van der Waals surface area contributed by atoms with Crippen LogP contribution in [0.4, 0.5) is 10.3 Å². The number of nitrogens with one attached hydrogen (secondary N) is 1. The number of methoxy groups -OCH3 is 1. The molecular weight excluding hydrogens is 499 g/mol. The molecule has 39 heavy (non-hydrogen) atoms. The molecule has 0 saturated carbocycles. The van der Waals surface area contributed by atoms with Crippen molar-refractivity contribution in [2.45, 2.75) is 44.8 Å². The standard InChI is InChI=1S/C29H33FN6O3/c1-29(2,38)17-36-23-6-5-19(18-9-13-35(3)14-10-18)15-22(23)33-28(36)34-27(37)20-7-12-32-26(25(20)30)21-16-31-11-8-24(21)39-4/h5-8,11-12,15-16,18,38H,9-10,13-14,17H2,1-4H3,(H,33,34,37). The summed E-state index contributed by atoms with van der Waals surface area (Å²) in [7, 11) is 3.60. The van der Waals surface area contributed by atoms with E-state index >= 15 is 4.39 Å². The van der Waals surface area contributed by atoms with Gasteiger partial charge in [-0.15, -0.1) is 0 Å². The third kappa shape index (κ3) is 5.62. The van der Waals surface area contributed by atoms with E-state index in [0.717, 1.165) is 31.4 Å². The average molecular weight is 533 g/mol. The van der Waals surface area contributed by atoms with E-state index < -0.39 is 17.3 Å². The van der Waals surface area contributed by atoms with Gasteiger partial charge >= 0.3 is 0 Å². The molecule has 204 valence electrons. The number of pyridine rings is 2. The molecule has 0 atom stereocenters. The number of carbonyl (C=O) groups is 1. The number of piperidine rings is 1. The van der Waals surface area contributed by atoms with Gasteiger partial charge in [0.25, 0.3) is 5.91 Å². The number of aliphatic hydroxyl groups is 1. The SMILES string of the molecule is COc1ccncc1-c1nccc(C(=O)Nc2nc3cc(C4CCN(C)CC4)ccc3n2CC(C)(C)O)c1F. The van der Waals surface area contributed by atoms with Crippen molar-refractivity contribution in [3.8, 4) is 17.0 Å². The van der Waals surface area contributed by atoms with E-state index in [1.807, 2.05) is 6.07 Å². The Kier molecular flexibility index (Phi) is 7.33. The molecule has 9 nitrogen and oxygen atoms in total. The molecule has 1 aliphatic rings. The monoisotopic (exact) mass is 532 g/mol. The summed E-state index contributed by atoms with van der Waals surface area (Å²) in [5.74, 6) is -0.412. The number of likely N-dealkylation sites (tertiary alicyclic amines) is 1. The third-order valence-corrected chi connectivity index (χ3v) is 7.12. The van der Waals surface area contributed by atoms with Crippen LogP contribution in [0.25, 0.3) is 22.3 Å². The summed E-state index contributed by atoms with van der Waals surface area (Å²) >= 11 is 0. The number of anilines is 1. The molecule has 3 aromatic heterocycles. The van der Waals surface area contributed by atoms with Gasteiger partial charge in [-0.05, 0) is 82.6 Å². The molecule has 5 rings (SSSR count). The van der Waals surface area contributed by atoms with Crippen LogP contribution in [0.15, 0.2) is 48.9 Å². The second-order valence-electron chi connectivity index (χ2n) is 10.7. The minimum absolute atomic E-state index is 0.0413. The molecule has 1 saturated heterocycles. The summed E-state index contributed by atoms with van der Waals surface area (Å²) in [4.78, 5) is 28.6. The largest absolute Gasteiger partial charge is 0.496 e. The molecule has 10 heteroatoms. The predicted octanol–water partition coefficient (Wildman–Crippen LogP) is 4.47. The minimum atomic E-state index is -1.08. The quantitative estimate of drug-likeness (QED) is 0.362. The van der Waals surface area contributed by atoms with Crippen molar-refractivity contribution in [2.24, 2.45) is 0 Å². The Morgan fingerprint density at radius 2 is 1.97 bits per heavy atom. The molecule has 0 radical (unpaired) electrons. The maximum Gasteiger partial charge on any atom is 0.261 e. The van der Waals surface area contributed by atoms with Gasteiger partial charge in [-0.25, -0.2) is 9.37 Å². The van der Waals surface area contributed by atoms with Gasteiger partial charge in [-0.1, -0.05) is 6.07 Å². The Morgan fingerprint density at radius 1 is 1.21 bits per heavy atom. The Hall–Kier alpha value is -3.89. The molecular formula is C29H33FN6O3. The number of halogens is 1. The van der Waals surface area contributed by atoms with Crippen LogP contribution in [-0.2, 0) is 6.54 Å². The van der Waals surface area contributed by atoms with Crippen molar-refractivity contribution in [2.75, 3.05) is 32.6 Å². The summed E-state index contributed by atoms with van der Waals surface area (Å²) < 4.78 is 22.7. The van der Waals surface area contributed by atoms with E-state index in [0.29, 0.717) is 22.7 Å². The van der Waals surface area contributed by atoms with Crippen LogP contribution in [0, 0.1) is 5.82 Å². The van der Waals surface area contributed by atoms with Crippen molar-refractivity contribution in [1.29, 1.82) is 0 Å². The van der Waals surface area contributed by atoms with Crippen molar-refractivity contribution in [3.63, 3.8) is 0 Å². The second kappa shape index (κ2) is 10.7. The minimum Gasteiger partial charge on any atom is -0.496 e. The normalized spacial score (nSPS) is 15.0. The first kappa shape index (κ1) is 26.7. The first-order valence-corrected chi connectivity index (χ1v) is 13.0. The van der Waals surface area contributed by atoms with Crippen LogP contribution in [0.2, 0.25) is 0 Å². The molecule has 1 fully saturated rings. The number of benzene rings is 1. The Balaban J connectivity index is 1.50. The number of imidazole rings is 1. The third-order valence-electron chi connectivity index (χ3n) is 7.12. The van der Waals surface area contributed by atoms with Gasteiger partial charge in [0.1, 0.15) is 11.4 Å². The molecule has 0 spiro atoms. The highest BCUT2D eigenvalue weighted by Crippen LogP contribution is 2.33. The highest BCUT2D eigenvalue weighted by atomic mass is 19.1. The van der Waals surface area contributed by atoms with Crippen molar-refractivity contribution >= 4 is 22.9 Å². The summed E-state index contributed by atoms with van der Waals surface area (Å²) in [6.45, 7) is 5.65. The fourth-order valence-corrected chi connectivity index (χ4v) is 5.10. The topological polar surface area (TPSA) is 105 Å². The first-order valence-electron chi connectivity index (χ1n) is 13.0. The van der Waals surface area contributed by atoms with Crippen LogP contribution in [0.5, 0.6) is 5.75 Å². The zero-order valence-electron chi connectivity index (χ0n) is 22.6. The van der Waals surface area contributed by atoms with E-state index in [9.17, 15) is 9.90 Å². The van der Waals surface area contributed by atoms with Gasteiger partial charge < -0.3 is 19.3 Å². The zero-order valence-corrected chi connectivity index (χ0v) is 22.6. The number of hydrogen-bond acceptors (Lipinski definition) is 7. The number of carbonyl (C=O) groups excluding carboxylic acids is 1. The van der Waals surface area contributed by atoms with Crippen molar-refractivity contribution in [1.82, 2.24) is 24.4 Å². The fourth-order valence-electron chi connectivity index (χ4n) is 5.10. The molecule has 0 aliphatic carbocycles. The number of nitrogens with zero attached hydrogens (tertiary/aromatic N) is 5. The second-order valence-corrected chi connectivity index (χ2v) is 10.7. The molecule has 1 amide bonds. The average Bonchev–Trinajstić information content (AvgIpc) is 3.23. The molecule has 4 aromatic rings. The van der Waals surface area contributed by atoms with E-state index in [-0.39, 0.29) is 23.8 Å². The number of aromatic nitrogens is 4. The lowest BCUT2D eigenvalue weighted by molar-refractivity contribution is 0.0630. The van der Waals surface area contributed by atoms with Crippen LogP contribution >= 0.6 is 0 Å². The summed E-state index contributed by atoms with van der Waals surface area (Å²) in [5, 5.41) is 13.4. The van der Waals surface area contributed by atoms with Crippen LogP contribution < -0.4 is 10.1 Å². The van der Waals surface area contributed by atoms with Crippen molar-refractivity contribution in [3.05, 3.63) is 65.9 Å². The van der Waals surface area contributed by atoms with E-state index in [2.05, 4.69) is 39.4 Å². The maximum absolute atomic E-state index is 15.6. The van der Waals surface area contributed by atoms with Crippen molar-refractivity contribution < 1.29 is 19.0 Å². The lowest BCUT2D eigenvalue weighted by Crippen LogP contribution is -2.29. The zero-order chi connectivity index (χ0) is 27.7. The molecule has 1 aromatic carbocycles. The van der Waals surface area contributed by atoms with Gasteiger partial charge in [-0.2, -0.15) is 0 Å². The highest BCUT2D eigenvalue weighted by molar-refractivity contribution is 6.05. The van der Waals surface area contributed by atoms with Gasteiger partial charge in [0.15, 0.2) is 5.82 Å². The Labute approximate surface area is 226 Å². The summed E-state index contributed by atoms with van der Waals surface area (Å²) in [6.07, 6.45) is 6.48. The van der Waals surface area contributed by atoms with Crippen LogP contribution in [0.1, 0.15) is 48.5 Å². The van der Waals surface area contributed by atoms with E-state index in [1.54, 1.807) is 24.5 Å². The number of amides is 1. The fraction of sp³-hybridized carbons (Fsp3) is 0.379. The molecule has 2 N–H and O–H groups in total. The van der Waals surface area contributed by atoms with Crippen LogP contribution in [-0.4, -0.2) is 68.3 Å². The maximum atomic E-state index is 15.6. The smallest absolute Gasteiger partial charge is 0.261 e. The lowest BCUT2D eigenvalue weighted by atomic mass is 9.89. The van der Waals surface area contributed by atoms with E-state index in [4.69, 9.17) is 9.72 Å². The summed E-state index contributed by atoms with van der Waals surface area (Å²) in [5.41, 5.74) is 1.72. The Bertz CT molecular complexity index is 1500.